The van der Waals surface area contributed by atoms with Gasteiger partial charge in [0.2, 0.25) is 0 Å². The SMILES string of the molecule is CN1CCCC2CN(c3nc(CN)co3)CCC21. The van der Waals surface area contributed by atoms with E-state index in [1.165, 1.54) is 25.8 Å². The van der Waals surface area contributed by atoms with Gasteiger partial charge in [0.25, 0.3) is 6.01 Å². The van der Waals surface area contributed by atoms with E-state index < -0.39 is 0 Å². The van der Waals surface area contributed by atoms with Crippen LogP contribution in [0.3, 0.4) is 0 Å². The summed E-state index contributed by atoms with van der Waals surface area (Å²) in [6.07, 6.45) is 5.52. The summed E-state index contributed by atoms with van der Waals surface area (Å²) in [6, 6.07) is 1.50. The van der Waals surface area contributed by atoms with E-state index in [0.29, 0.717) is 6.54 Å². The number of fused-ring (bicyclic) bond motifs is 1. The molecule has 2 saturated heterocycles. The molecule has 0 bridgehead atoms. The van der Waals surface area contributed by atoms with Crippen molar-refractivity contribution >= 4 is 6.01 Å². The third kappa shape index (κ3) is 2.12. The van der Waals surface area contributed by atoms with E-state index in [1.54, 1.807) is 6.26 Å². The molecule has 2 fully saturated rings. The van der Waals surface area contributed by atoms with Gasteiger partial charge in [-0.25, -0.2) is 0 Å². The van der Waals surface area contributed by atoms with E-state index in [1.807, 2.05) is 0 Å². The van der Waals surface area contributed by atoms with Crippen molar-refractivity contribution in [3.63, 3.8) is 0 Å². The second kappa shape index (κ2) is 4.90. The standard InChI is InChI=1S/C13H22N4O/c1-16-5-2-3-10-8-17(6-4-12(10)16)13-15-11(7-14)9-18-13/h9-10,12H,2-8,14H2,1H3. The molecule has 100 valence electrons. The molecule has 0 aliphatic carbocycles. The van der Waals surface area contributed by atoms with Gasteiger partial charge in [0.05, 0.1) is 5.69 Å². The summed E-state index contributed by atoms with van der Waals surface area (Å²) < 4.78 is 5.52. The molecule has 0 saturated carbocycles. The minimum absolute atomic E-state index is 0.451. The van der Waals surface area contributed by atoms with Crippen LogP contribution in [0.5, 0.6) is 0 Å². The van der Waals surface area contributed by atoms with Crippen molar-refractivity contribution in [3.8, 4) is 0 Å². The number of nitrogens with zero attached hydrogens (tertiary/aromatic N) is 3. The van der Waals surface area contributed by atoms with Crippen LogP contribution in [0.25, 0.3) is 0 Å². The second-order valence-corrected chi connectivity index (χ2v) is 5.51. The average molecular weight is 250 g/mol. The lowest BCUT2D eigenvalue weighted by molar-refractivity contribution is 0.101. The predicted molar refractivity (Wildman–Crippen MR) is 70.4 cm³/mol. The Balaban J connectivity index is 1.69. The minimum Gasteiger partial charge on any atom is -0.432 e. The molecule has 2 aliphatic heterocycles. The monoisotopic (exact) mass is 250 g/mol. The molecule has 3 rings (SSSR count). The molecule has 18 heavy (non-hydrogen) atoms. The van der Waals surface area contributed by atoms with Gasteiger partial charge in [0, 0.05) is 25.7 Å². The number of oxazole rings is 1. The second-order valence-electron chi connectivity index (χ2n) is 5.51. The lowest BCUT2D eigenvalue weighted by Gasteiger charge is -2.45. The number of likely N-dealkylation sites (tertiary alicyclic amines) is 1. The van der Waals surface area contributed by atoms with E-state index in [2.05, 4.69) is 21.8 Å². The van der Waals surface area contributed by atoms with Gasteiger partial charge in [0.15, 0.2) is 0 Å². The van der Waals surface area contributed by atoms with E-state index in [4.69, 9.17) is 10.2 Å². The van der Waals surface area contributed by atoms with Gasteiger partial charge in [-0.1, -0.05) is 0 Å². The zero-order valence-electron chi connectivity index (χ0n) is 11.0. The van der Waals surface area contributed by atoms with Gasteiger partial charge < -0.3 is 20.0 Å². The summed E-state index contributed by atoms with van der Waals surface area (Å²) in [5.74, 6) is 0.755. The van der Waals surface area contributed by atoms with Crippen molar-refractivity contribution < 1.29 is 4.42 Å². The number of hydrogen-bond acceptors (Lipinski definition) is 5. The molecule has 5 heteroatoms. The molecule has 1 aromatic rings. The van der Waals surface area contributed by atoms with Crippen LogP contribution >= 0.6 is 0 Å². The highest BCUT2D eigenvalue weighted by molar-refractivity contribution is 5.28. The van der Waals surface area contributed by atoms with Crippen molar-refractivity contribution in [2.45, 2.75) is 31.8 Å². The van der Waals surface area contributed by atoms with Crippen molar-refractivity contribution in [1.82, 2.24) is 9.88 Å². The van der Waals surface area contributed by atoms with Crippen LogP contribution in [0.2, 0.25) is 0 Å². The number of rotatable bonds is 2. The fraction of sp³-hybridized carbons (Fsp3) is 0.769. The van der Waals surface area contributed by atoms with Crippen molar-refractivity contribution in [3.05, 3.63) is 12.0 Å². The van der Waals surface area contributed by atoms with Crippen LogP contribution < -0.4 is 10.6 Å². The third-order valence-corrected chi connectivity index (χ3v) is 4.37. The van der Waals surface area contributed by atoms with Crippen molar-refractivity contribution in [2.24, 2.45) is 11.7 Å². The van der Waals surface area contributed by atoms with Gasteiger partial charge in [-0.05, 0) is 38.8 Å². The summed E-state index contributed by atoms with van der Waals surface area (Å²) in [7, 11) is 2.25. The normalized spacial score (nSPS) is 29.3. The highest BCUT2D eigenvalue weighted by Crippen LogP contribution is 2.31. The maximum absolute atomic E-state index is 5.57. The summed E-state index contributed by atoms with van der Waals surface area (Å²) in [4.78, 5) is 9.23. The zero-order chi connectivity index (χ0) is 12.5. The van der Waals surface area contributed by atoms with E-state index in [9.17, 15) is 0 Å². The van der Waals surface area contributed by atoms with Crippen LogP contribution in [-0.2, 0) is 6.54 Å². The number of piperidine rings is 2. The first-order chi connectivity index (χ1) is 8.78. The Morgan fingerprint density at radius 2 is 2.33 bits per heavy atom. The first-order valence-corrected chi connectivity index (χ1v) is 6.87. The molecule has 0 spiro atoms. The van der Waals surface area contributed by atoms with E-state index in [0.717, 1.165) is 36.8 Å². The van der Waals surface area contributed by atoms with Crippen molar-refractivity contribution in [2.75, 3.05) is 31.6 Å². The van der Waals surface area contributed by atoms with Crippen LogP contribution in [0.4, 0.5) is 6.01 Å². The summed E-state index contributed by atoms with van der Waals surface area (Å²) in [5.41, 5.74) is 6.41. The third-order valence-electron chi connectivity index (χ3n) is 4.37. The minimum atomic E-state index is 0.451. The Bertz CT molecular complexity index is 405. The molecular formula is C13H22N4O. The lowest BCUT2D eigenvalue weighted by Crippen LogP contribution is -2.52. The van der Waals surface area contributed by atoms with Gasteiger partial charge in [0.1, 0.15) is 6.26 Å². The number of hydrogen-bond donors (Lipinski definition) is 1. The van der Waals surface area contributed by atoms with Gasteiger partial charge in [-0.2, -0.15) is 4.98 Å². The fourth-order valence-electron chi connectivity index (χ4n) is 3.36. The molecule has 0 aromatic carbocycles. The number of anilines is 1. The summed E-state index contributed by atoms with van der Waals surface area (Å²) >= 11 is 0. The van der Waals surface area contributed by atoms with E-state index >= 15 is 0 Å². The smallest absolute Gasteiger partial charge is 0.297 e. The van der Waals surface area contributed by atoms with Crippen LogP contribution in [-0.4, -0.2) is 42.6 Å². The van der Waals surface area contributed by atoms with Crippen molar-refractivity contribution in [1.29, 1.82) is 0 Å². The topological polar surface area (TPSA) is 58.5 Å². The molecule has 2 unspecified atom stereocenters. The van der Waals surface area contributed by atoms with Crippen LogP contribution in [0.1, 0.15) is 25.0 Å². The molecule has 3 heterocycles. The number of nitrogens with two attached hydrogens (primary N) is 1. The largest absolute Gasteiger partial charge is 0.432 e. The molecule has 1 aromatic heterocycles. The number of aromatic nitrogens is 1. The Morgan fingerprint density at radius 1 is 1.44 bits per heavy atom. The van der Waals surface area contributed by atoms with E-state index in [-0.39, 0.29) is 0 Å². The van der Waals surface area contributed by atoms with Gasteiger partial charge in [-0.3, -0.25) is 0 Å². The Kier molecular flexibility index (Phi) is 3.26. The predicted octanol–water partition coefficient (Wildman–Crippen LogP) is 1.05. The molecule has 2 aliphatic rings. The fourth-order valence-corrected chi connectivity index (χ4v) is 3.36. The Labute approximate surface area is 108 Å². The first kappa shape index (κ1) is 12.0. The van der Waals surface area contributed by atoms with Crippen LogP contribution in [0, 0.1) is 5.92 Å². The van der Waals surface area contributed by atoms with Gasteiger partial charge >= 0.3 is 0 Å². The zero-order valence-corrected chi connectivity index (χ0v) is 11.0. The van der Waals surface area contributed by atoms with Gasteiger partial charge in [-0.15, -0.1) is 0 Å². The highest BCUT2D eigenvalue weighted by Gasteiger charge is 2.35. The maximum Gasteiger partial charge on any atom is 0.297 e. The Hall–Kier alpha value is -1.07. The molecule has 2 N–H and O–H groups in total. The Morgan fingerprint density at radius 3 is 3.11 bits per heavy atom. The first-order valence-electron chi connectivity index (χ1n) is 6.87. The maximum atomic E-state index is 5.57. The lowest BCUT2D eigenvalue weighted by atomic mass is 9.84. The molecular weight excluding hydrogens is 228 g/mol. The van der Waals surface area contributed by atoms with Crippen LogP contribution in [0.15, 0.2) is 10.7 Å². The molecule has 0 radical (unpaired) electrons. The molecule has 0 amide bonds. The quantitative estimate of drug-likeness (QED) is 0.850. The molecule has 5 nitrogen and oxygen atoms in total. The highest BCUT2D eigenvalue weighted by atomic mass is 16.4. The molecule has 2 atom stereocenters. The average Bonchev–Trinajstić information content (AvgIpc) is 2.87. The summed E-state index contributed by atoms with van der Waals surface area (Å²) in [5, 5.41) is 0. The summed E-state index contributed by atoms with van der Waals surface area (Å²) in [6.45, 7) is 3.80.